The first kappa shape index (κ1) is 20.8. The molecule has 3 aromatic carbocycles. The summed E-state index contributed by atoms with van der Waals surface area (Å²) in [6.07, 6.45) is 0. The second-order valence-electron chi connectivity index (χ2n) is 6.55. The predicted molar refractivity (Wildman–Crippen MR) is 115 cm³/mol. The Kier molecular flexibility index (Phi) is 5.82. The van der Waals surface area contributed by atoms with Gasteiger partial charge in [0, 0.05) is 10.6 Å². The van der Waals surface area contributed by atoms with Gasteiger partial charge in [0.15, 0.2) is 0 Å². The molecular formula is C22H15ClN4O3S. The zero-order valence-electron chi connectivity index (χ0n) is 15.9. The number of nitriles is 1. The Morgan fingerprint density at radius 2 is 1.61 bits per heavy atom. The lowest BCUT2D eigenvalue weighted by Crippen LogP contribution is -2.29. The summed E-state index contributed by atoms with van der Waals surface area (Å²) in [5.74, 6) is 0.334. The minimum absolute atomic E-state index is 0.0401. The third-order valence-corrected chi connectivity index (χ3v) is 6.17. The van der Waals surface area contributed by atoms with Crippen molar-refractivity contribution < 1.29 is 12.8 Å². The highest BCUT2D eigenvalue weighted by atomic mass is 35.5. The van der Waals surface area contributed by atoms with Crippen molar-refractivity contribution in [2.45, 2.75) is 10.9 Å². The van der Waals surface area contributed by atoms with Crippen molar-refractivity contribution in [3.8, 4) is 17.5 Å². The highest BCUT2D eigenvalue weighted by Crippen LogP contribution is 2.27. The summed E-state index contributed by atoms with van der Waals surface area (Å²) in [4.78, 5) is 0.0401. The topological polar surface area (TPSA) is 109 Å². The standard InChI is InChI=1S/C22H15ClN4O3S/c23-18-10-12-19(13-11-18)31(28,29)27-20(16-8-6-15(14-24)7-9-16)22-26-25-21(30-22)17-4-2-1-3-5-17/h1-13,20,27H. The van der Waals surface area contributed by atoms with E-state index in [2.05, 4.69) is 14.9 Å². The molecule has 0 amide bonds. The second kappa shape index (κ2) is 8.70. The van der Waals surface area contributed by atoms with Crippen LogP contribution >= 0.6 is 11.6 Å². The van der Waals surface area contributed by atoms with E-state index in [0.29, 0.717) is 21.7 Å². The number of hydrogen-bond donors (Lipinski definition) is 1. The van der Waals surface area contributed by atoms with Crippen LogP contribution in [0.25, 0.3) is 11.5 Å². The Hall–Kier alpha value is -3.51. The van der Waals surface area contributed by atoms with Crippen LogP contribution in [0.3, 0.4) is 0 Å². The molecule has 1 heterocycles. The molecule has 31 heavy (non-hydrogen) atoms. The first-order chi connectivity index (χ1) is 15.0. The molecule has 1 N–H and O–H groups in total. The molecule has 154 valence electrons. The lowest BCUT2D eigenvalue weighted by Gasteiger charge is -2.16. The minimum Gasteiger partial charge on any atom is -0.419 e. The van der Waals surface area contributed by atoms with E-state index < -0.39 is 16.1 Å². The van der Waals surface area contributed by atoms with Crippen LogP contribution in [0.5, 0.6) is 0 Å². The van der Waals surface area contributed by atoms with Crippen molar-refractivity contribution in [1.29, 1.82) is 5.26 Å². The maximum atomic E-state index is 13.0. The maximum Gasteiger partial charge on any atom is 0.247 e. The van der Waals surface area contributed by atoms with Gasteiger partial charge in [-0.25, -0.2) is 8.42 Å². The summed E-state index contributed by atoms with van der Waals surface area (Å²) in [7, 11) is -3.95. The fourth-order valence-electron chi connectivity index (χ4n) is 2.90. The van der Waals surface area contributed by atoms with Gasteiger partial charge in [-0.3, -0.25) is 0 Å². The minimum atomic E-state index is -3.95. The van der Waals surface area contributed by atoms with Crippen molar-refractivity contribution in [2.24, 2.45) is 0 Å². The van der Waals surface area contributed by atoms with Crippen LogP contribution in [0.1, 0.15) is 23.1 Å². The summed E-state index contributed by atoms with van der Waals surface area (Å²) in [6.45, 7) is 0. The summed E-state index contributed by atoms with van der Waals surface area (Å²) >= 11 is 5.87. The van der Waals surface area contributed by atoms with Crippen LogP contribution in [0, 0.1) is 11.3 Å². The molecule has 0 spiro atoms. The number of halogens is 1. The zero-order chi connectivity index (χ0) is 21.8. The van der Waals surface area contributed by atoms with Gasteiger partial charge in [-0.1, -0.05) is 41.9 Å². The lowest BCUT2D eigenvalue weighted by molar-refractivity contribution is 0.464. The van der Waals surface area contributed by atoms with E-state index >= 15 is 0 Å². The van der Waals surface area contributed by atoms with E-state index in [9.17, 15) is 8.42 Å². The molecule has 0 aliphatic rings. The molecular weight excluding hydrogens is 436 g/mol. The normalized spacial score (nSPS) is 12.3. The third-order valence-electron chi connectivity index (χ3n) is 4.48. The monoisotopic (exact) mass is 450 g/mol. The van der Waals surface area contributed by atoms with Gasteiger partial charge in [-0.2, -0.15) is 9.98 Å². The predicted octanol–water partition coefficient (Wildman–Crippen LogP) is 4.33. The summed E-state index contributed by atoms with van der Waals surface area (Å²) in [5.41, 5.74) is 1.69. The van der Waals surface area contributed by atoms with Gasteiger partial charge < -0.3 is 4.42 Å². The van der Waals surface area contributed by atoms with E-state index in [1.807, 2.05) is 36.4 Å². The Balaban J connectivity index is 1.74. The molecule has 7 nitrogen and oxygen atoms in total. The van der Waals surface area contributed by atoms with E-state index in [1.54, 1.807) is 24.3 Å². The average Bonchev–Trinajstić information content (AvgIpc) is 3.29. The molecule has 0 aliphatic carbocycles. The molecule has 0 saturated heterocycles. The molecule has 9 heteroatoms. The number of nitrogens with zero attached hydrogens (tertiary/aromatic N) is 3. The second-order valence-corrected chi connectivity index (χ2v) is 8.70. The lowest BCUT2D eigenvalue weighted by atomic mass is 10.1. The van der Waals surface area contributed by atoms with Crippen molar-refractivity contribution in [2.75, 3.05) is 0 Å². The zero-order valence-corrected chi connectivity index (χ0v) is 17.5. The third kappa shape index (κ3) is 4.64. The Morgan fingerprint density at radius 3 is 2.26 bits per heavy atom. The highest BCUT2D eigenvalue weighted by molar-refractivity contribution is 7.89. The van der Waals surface area contributed by atoms with E-state index in [1.165, 1.54) is 24.3 Å². The Bertz CT molecular complexity index is 1330. The van der Waals surface area contributed by atoms with Gasteiger partial charge in [-0.15, -0.1) is 10.2 Å². The Morgan fingerprint density at radius 1 is 0.935 bits per heavy atom. The van der Waals surface area contributed by atoms with Crippen molar-refractivity contribution in [3.05, 3.63) is 101 Å². The number of benzene rings is 3. The van der Waals surface area contributed by atoms with Crippen LogP contribution in [0.4, 0.5) is 0 Å². The number of hydrogen-bond acceptors (Lipinski definition) is 6. The van der Waals surface area contributed by atoms with Crippen molar-refractivity contribution in [3.63, 3.8) is 0 Å². The molecule has 0 saturated carbocycles. The van der Waals surface area contributed by atoms with Crippen LogP contribution in [-0.4, -0.2) is 18.6 Å². The summed E-state index contributed by atoms with van der Waals surface area (Å²) in [5, 5.41) is 17.6. The van der Waals surface area contributed by atoms with Gasteiger partial charge in [0.05, 0.1) is 16.5 Å². The summed E-state index contributed by atoms with van der Waals surface area (Å²) < 4.78 is 34.4. The molecule has 0 radical (unpaired) electrons. The molecule has 4 aromatic rings. The number of sulfonamides is 1. The van der Waals surface area contributed by atoms with E-state index in [4.69, 9.17) is 21.3 Å². The summed E-state index contributed by atoms with van der Waals surface area (Å²) in [6, 6.07) is 22.5. The average molecular weight is 451 g/mol. The van der Waals surface area contributed by atoms with Gasteiger partial charge in [0.1, 0.15) is 6.04 Å². The SMILES string of the molecule is N#Cc1ccc(C(NS(=O)(=O)c2ccc(Cl)cc2)c2nnc(-c3ccccc3)o2)cc1. The first-order valence-electron chi connectivity index (χ1n) is 9.13. The molecule has 1 aromatic heterocycles. The molecule has 1 unspecified atom stereocenters. The highest BCUT2D eigenvalue weighted by Gasteiger charge is 2.27. The van der Waals surface area contributed by atoms with Gasteiger partial charge in [0.25, 0.3) is 0 Å². The van der Waals surface area contributed by atoms with Crippen LogP contribution < -0.4 is 4.72 Å². The fourth-order valence-corrected chi connectivity index (χ4v) is 4.20. The number of rotatable bonds is 6. The quantitative estimate of drug-likeness (QED) is 0.468. The van der Waals surface area contributed by atoms with Crippen LogP contribution in [0.2, 0.25) is 5.02 Å². The molecule has 0 fully saturated rings. The number of aromatic nitrogens is 2. The fraction of sp³-hybridized carbons (Fsp3) is 0.0455. The largest absolute Gasteiger partial charge is 0.419 e. The van der Waals surface area contributed by atoms with Crippen LogP contribution in [0.15, 0.2) is 88.2 Å². The van der Waals surface area contributed by atoms with E-state index in [0.717, 1.165) is 0 Å². The smallest absolute Gasteiger partial charge is 0.247 e. The molecule has 0 aliphatic heterocycles. The van der Waals surface area contributed by atoms with Gasteiger partial charge in [0.2, 0.25) is 21.8 Å². The van der Waals surface area contributed by atoms with Gasteiger partial charge >= 0.3 is 0 Å². The van der Waals surface area contributed by atoms with Crippen molar-refractivity contribution >= 4 is 21.6 Å². The van der Waals surface area contributed by atoms with Gasteiger partial charge in [-0.05, 0) is 54.1 Å². The molecule has 4 rings (SSSR count). The molecule has 0 bridgehead atoms. The van der Waals surface area contributed by atoms with E-state index in [-0.39, 0.29) is 16.7 Å². The maximum absolute atomic E-state index is 13.0. The Labute approximate surface area is 184 Å². The van der Waals surface area contributed by atoms with Crippen molar-refractivity contribution in [1.82, 2.24) is 14.9 Å². The first-order valence-corrected chi connectivity index (χ1v) is 11.0. The molecule has 1 atom stereocenters. The van der Waals surface area contributed by atoms with Crippen LogP contribution in [-0.2, 0) is 10.0 Å². The number of nitrogens with one attached hydrogen (secondary N) is 1.